The van der Waals surface area contributed by atoms with Crippen molar-refractivity contribution in [3.8, 4) is 5.75 Å². The molecule has 3 nitrogen and oxygen atoms in total. The minimum Gasteiger partial charge on any atom is -0.494 e. The number of methoxy groups -OCH3 is 1. The Morgan fingerprint density at radius 2 is 2.06 bits per heavy atom. The molecule has 0 saturated heterocycles. The Labute approximate surface area is 108 Å². The van der Waals surface area contributed by atoms with Crippen LogP contribution in [0.2, 0.25) is 0 Å². The Balaban J connectivity index is 2.15. The molecular formula is C14H21FN2O. The molecule has 0 amide bonds. The zero-order valence-corrected chi connectivity index (χ0v) is 11.1. The summed E-state index contributed by atoms with van der Waals surface area (Å²) in [4.78, 5) is 2.10. The molecule has 0 spiro atoms. The molecule has 1 aliphatic rings. The molecule has 0 aromatic heterocycles. The SMILES string of the molecule is COc1cc(N(C)CC2CCCC2)c(N)cc1F. The number of rotatable bonds is 4. The fourth-order valence-corrected chi connectivity index (χ4v) is 2.72. The molecule has 2 N–H and O–H groups in total. The van der Waals surface area contributed by atoms with E-state index in [2.05, 4.69) is 4.90 Å². The van der Waals surface area contributed by atoms with Gasteiger partial charge in [0.05, 0.1) is 18.5 Å². The molecular weight excluding hydrogens is 231 g/mol. The summed E-state index contributed by atoms with van der Waals surface area (Å²) in [7, 11) is 3.47. The van der Waals surface area contributed by atoms with Gasteiger partial charge >= 0.3 is 0 Å². The molecule has 0 bridgehead atoms. The third kappa shape index (κ3) is 2.68. The number of hydrogen-bond donors (Lipinski definition) is 1. The Kier molecular flexibility index (Phi) is 3.94. The van der Waals surface area contributed by atoms with Gasteiger partial charge in [0.15, 0.2) is 11.6 Å². The van der Waals surface area contributed by atoms with E-state index in [-0.39, 0.29) is 5.75 Å². The van der Waals surface area contributed by atoms with E-state index in [0.29, 0.717) is 5.69 Å². The minimum absolute atomic E-state index is 0.248. The van der Waals surface area contributed by atoms with Crippen LogP contribution in [0.15, 0.2) is 12.1 Å². The van der Waals surface area contributed by atoms with Crippen molar-refractivity contribution in [3.05, 3.63) is 17.9 Å². The molecule has 1 aromatic rings. The Morgan fingerprint density at radius 1 is 1.39 bits per heavy atom. The molecule has 0 unspecified atom stereocenters. The molecule has 0 aliphatic heterocycles. The lowest BCUT2D eigenvalue weighted by Gasteiger charge is -2.25. The first-order valence-electron chi connectivity index (χ1n) is 6.46. The van der Waals surface area contributed by atoms with Crippen LogP contribution in [0, 0.1) is 11.7 Å². The smallest absolute Gasteiger partial charge is 0.167 e. The van der Waals surface area contributed by atoms with Crippen LogP contribution < -0.4 is 15.4 Å². The molecule has 0 atom stereocenters. The molecule has 0 heterocycles. The fraction of sp³-hybridized carbons (Fsp3) is 0.571. The maximum absolute atomic E-state index is 13.5. The van der Waals surface area contributed by atoms with Gasteiger partial charge in [-0.25, -0.2) is 4.39 Å². The second-order valence-corrected chi connectivity index (χ2v) is 5.08. The quantitative estimate of drug-likeness (QED) is 0.837. The van der Waals surface area contributed by atoms with E-state index < -0.39 is 5.82 Å². The van der Waals surface area contributed by atoms with Crippen molar-refractivity contribution < 1.29 is 9.13 Å². The first-order chi connectivity index (χ1) is 8.61. The van der Waals surface area contributed by atoms with Gasteiger partial charge in [0.2, 0.25) is 0 Å². The highest BCUT2D eigenvalue weighted by Crippen LogP contribution is 2.32. The number of ether oxygens (including phenoxy) is 1. The van der Waals surface area contributed by atoms with Crippen molar-refractivity contribution >= 4 is 11.4 Å². The van der Waals surface area contributed by atoms with Crippen molar-refractivity contribution in [1.82, 2.24) is 0 Å². The number of benzene rings is 1. The van der Waals surface area contributed by atoms with Crippen LogP contribution in [0.1, 0.15) is 25.7 Å². The summed E-state index contributed by atoms with van der Waals surface area (Å²) in [6.45, 7) is 0.971. The van der Waals surface area contributed by atoms with Crippen molar-refractivity contribution in [2.45, 2.75) is 25.7 Å². The Hall–Kier alpha value is -1.45. The predicted molar refractivity (Wildman–Crippen MR) is 72.6 cm³/mol. The van der Waals surface area contributed by atoms with Gasteiger partial charge in [-0.2, -0.15) is 0 Å². The van der Waals surface area contributed by atoms with Gasteiger partial charge in [0.1, 0.15) is 0 Å². The van der Waals surface area contributed by atoms with Crippen LogP contribution in [-0.2, 0) is 0 Å². The number of nitrogen functional groups attached to an aromatic ring is 1. The Morgan fingerprint density at radius 3 is 2.67 bits per heavy atom. The van der Waals surface area contributed by atoms with Gasteiger partial charge in [-0.15, -0.1) is 0 Å². The molecule has 1 fully saturated rings. The maximum Gasteiger partial charge on any atom is 0.167 e. The highest BCUT2D eigenvalue weighted by atomic mass is 19.1. The second kappa shape index (κ2) is 5.46. The summed E-state index contributed by atoms with van der Waals surface area (Å²) in [6, 6.07) is 3.01. The third-order valence-corrected chi connectivity index (χ3v) is 3.72. The largest absolute Gasteiger partial charge is 0.494 e. The highest BCUT2D eigenvalue weighted by molar-refractivity contribution is 5.69. The normalized spacial score (nSPS) is 15.9. The van der Waals surface area contributed by atoms with Crippen molar-refractivity contribution in [2.24, 2.45) is 5.92 Å². The van der Waals surface area contributed by atoms with Gasteiger partial charge in [0, 0.05) is 25.7 Å². The zero-order chi connectivity index (χ0) is 13.1. The molecule has 18 heavy (non-hydrogen) atoms. The lowest BCUT2D eigenvalue weighted by atomic mass is 10.1. The molecule has 100 valence electrons. The molecule has 1 saturated carbocycles. The first kappa shape index (κ1) is 13.0. The summed E-state index contributed by atoms with van der Waals surface area (Å²) in [5.74, 6) is 0.566. The van der Waals surface area contributed by atoms with E-state index in [1.54, 1.807) is 6.07 Å². The summed E-state index contributed by atoms with van der Waals surface area (Å²) in [5.41, 5.74) is 7.20. The maximum atomic E-state index is 13.5. The van der Waals surface area contributed by atoms with Crippen molar-refractivity contribution in [3.63, 3.8) is 0 Å². The number of nitrogens with zero attached hydrogens (tertiary/aromatic N) is 1. The van der Waals surface area contributed by atoms with Crippen LogP contribution in [0.3, 0.4) is 0 Å². The van der Waals surface area contributed by atoms with Crippen molar-refractivity contribution in [2.75, 3.05) is 31.3 Å². The zero-order valence-electron chi connectivity index (χ0n) is 11.1. The topological polar surface area (TPSA) is 38.5 Å². The van der Waals surface area contributed by atoms with Gasteiger partial charge in [0.25, 0.3) is 0 Å². The third-order valence-electron chi connectivity index (χ3n) is 3.72. The summed E-state index contributed by atoms with van der Waals surface area (Å²) in [6.07, 6.45) is 5.20. The van der Waals surface area contributed by atoms with Crippen LogP contribution in [-0.4, -0.2) is 20.7 Å². The van der Waals surface area contributed by atoms with Crippen LogP contribution in [0.25, 0.3) is 0 Å². The predicted octanol–water partition coefficient (Wildman–Crippen LogP) is 3.04. The van der Waals surface area contributed by atoms with E-state index in [9.17, 15) is 4.39 Å². The van der Waals surface area contributed by atoms with Crippen LogP contribution >= 0.6 is 0 Å². The first-order valence-corrected chi connectivity index (χ1v) is 6.46. The molecule has 1 aromatic carbocycles. The minimum atomic E-state index is -0.409. The summed E-state index contributed by atoms with van der Waals surface area (Å²) >= 11 is 0. The van der Waals surface area contributed by atoms with E-state index in [0.717, 1.165) is 18.2 Å². The summed E-state index contributed by atoms with van der Waals surface area (Å²) < 4.78 is 18.5. The second-order valence-electron chi connectivity index (χ2n) is 5.08. The van der Waals surface area contributed by atoms with E-state index in [4.69, 9.17) is 10.5 Å². The van der Waals surface area contributed by atoms with Crippen molar-refractivity contribution in [1.29, 1.82) is 0 Å². The van der Waals surface area contributed by atoms with E-state index in [1.165, 1.54) is 38.9 Å². The highest BCUT2D eigenvalue weighted by Gasteiger charge is 2.19. The number of halogens is 1. The van der Waals surface area contributed by atoms with E-state index >= 15 is 0 Å². The van der Waals surface area contributed by atoms with Gasteiger partial charge < -0.3 is 15.4 Å². The fourth-order valence-electron chi connectivity index (χ4n) is 2.72. The van der Waals surface area contributed by atoms with Gasteiger partial charge in [-0.1, -0.05) is 12.8 Å². The number of anilines is 2. The molecule has 0 radical (unpaired) electrons. The lowest BCUT2D eigenvalue weighted by molar-refractivity contribution is 0.386. The molecule has 4 heteroatoms. The Bertz CT molecular complexity index is 417. The van der Waals surface area contributed by atoms with Gasteiger partial charge in [-0.05, 0) is 18.8 Å². The van der Waals surface area contributed by atoms with Gasteiger partial charge in [-0.3, -0.25) is 0 Å². The summed E-state index contributed by atoms with van der Waals surface area (Å²) in [5, 5.41) is 0. The standard InChI is InChI=1S/C14H21FN2O/c1-17(9-10-5-3-4-6-10)13-8-14(18-2)11(15)7-12(13)16/h7-8,10H,3-6,9,16H2,1-2H3. The average Bonchev–Trinajstić information content (AvgIpc) is 2.81. The van der Waals surface area contributed by atoms with Crippen LogP contribution in [0.4, 0.5) is 15.8 Å². The molecule has 1 aliphatic carbocycles. The molecule has 2 rings (SSSR count). The monoisotopic (exact) mass is 252 g/mol. The lowest BCUT2D eigenvalue weighted by Crippen LogP contribution is -2.25. The van der Waals surface area contributed by atoms with Crippen LogP contribution in [0.5, 0.6) is 5.75 Å². The van der Waals surface area contributed by atoms with E-state index in [1.807, 2.05) is 7.05 Å². The number of nitrogens with two attached hydrogens (primary N) is 1. The average molecular weight is 252 g/mol. The number of hydrogen-bond acceptors (Lipinski definition) is 3.